The third-order valence-electron chi connectivity index (χ3n) is 4.55. The fraction of sp³-hybridized carbons (Fsp3) is 0.318. The van der Waals surface area contributed by atoms with Gasteiger partial charge in [-0.3, -0.25) is 19.3 Å². The molecule has 0 aliphatic carbocycles. The second-order valence-electron chi connectivity index (χ2n) is 7.22. The van der Waals surface area contributed by atoms with Crippen LogP contribution in [-0.4, -0.2) is 42.9 Å². The molecule has 8 heteroatoms. The van der Waals surface area contributed by atoms with E-state index in [1.165, 1.54) is 4.90 Å². The minimum absolute atomic E-state index is 0.0644. The standard InChI is InChI=1S/C22H23ClN2O5/c1-13(2)24-22(28)14(3)25-17-10-15(8-9-20(17)30-12-21(25)27)18(26)11-29-19-7-5-4-6-16(19)23/h4-10,13-14H,11-12H2,1-3H3,(H,24,28)/t14-/m0/s1. The molecule has 30 heavy (non-hydrogen) atoms. The van der Waals surface area contributed by atoms with Crippen LogP contribution in [0, 0.1) is 0 Å². The van der Waals surface area contributed by atoms with Crippen molar-refractivity contribution in [2.75, 3.05) is 18.1 Å². The lowest BCUT2D eigenvalue weighted by Gasteiger charge is -2.33. The number of halogens is 1. The van der Waals surface area contributed by atoms with Gasteiger partial charge in [-0.15, -0.1) is 0 Å². The highest BCUT2D eigenvalue weighted by molar-refractivity contribution is 6.32. The predicted octanol–water partition coefficient (Wildman–Crippen LogP) is 3.24. The second kappa shape index (κ2) is 9.17. The van der Waals surface area contributed by atoms with Crippen LogP contribution in [0.2, 0.25) is 5.02 Å². The van der Waals surface area contributed by atoms with Crippen LogP contribution in [0.4, 0.5) is 5.69 Å². The van der Waals surface area contributed by atoms with E-state index in [-0.39, 0.29) is 36.9 Å². The number of rotatable bonds is 7. The summed E-state index contributed by atoms with van der Waals surface area (Å²) in [5.74, 6) is -0.0993. The molecule has 3 rings (SSSR count). The lowest BCUT2D eigenvalue weighted by Crippen LogP contribution is -2.52. The Kier molecular flexibility index (Phi) is 6.62. The van der Waals surface area contributed by atoms with Gasteiger partial charge in [0, 0.05) is 11.6 Å². The number of Topliss-reactive ketones (excluding diaryl/α,β-unsaturated/α-hetero) is 1. The van der Waals surface area contributed by atoms with Gasteiger partial charge in [0.05, 0.1) is 10.7 Å². The molecule has 2 aromatic rings. The van der Waals surface area contributed by atoms with Crippen molar-refractivity contribution >= 4 is 34.9 Å². The first-order chi connectivity index (χ1) is 14.3. The van der Waals surface area contributed by atoms with Crippen LogP contribution in [0.1, 0.15) is 31.1 Å². The molecule has 0 radical (unpaired) electrons. The number of carbonyl (C=O) groups excluding carboxylic acids is 3. The maximum atomic E-state index is 12.7. The molecule has 158 valence electrons. The average Bonchev–Trinajstić information content (AvgIpc) is 2.71. The van der Waals surface area contributed by atoms with E-state index in [4.69, 9.17) is 21.1 Å². The maximum Gasteiger partial charge on any atom is 0.265 e. The summed E-state index contributed by atoms with van der Waals surface area (Å²) in [5.41, 5.74) is 0.710. The van der Waals surface area contributed by atoms with Gasteiger partial charge in [0.2, 0.25) is 5.91 Å². The van der Waals surface area contributed by atoms with Crippen LogP contribution in [0.25, 0.3) is 0 Å². The first-order valence-electron chi connectivity index (χ1n) is 9.57. The molecule has 2 aromatic carbocycles. The number of ketones is 1. The maximum absolute atomic E-state index is 12.7. The fourth-order valence-corrected chi connectivity index (χ4v) is 3.27. The van der Waals surface area contributed by atoms with Crippen molar-refractivity contribution in [1.29, 1.82) is 0 Å². The molecule has 1 aliphatic heterocycles. The van der Waals surface area contributed by atoms with Crippen molar-refractivity contribution in [1.82, 2.24) is 5.32 Å². The van der Waals surface area contributed by atoms with Gasteiger partial charge in [0.15, 0.2) is 19.0 Å². The summed E-state index contributed by atoms with van der Waals surface area (Å²) in [6.07, 6.45) is 0. The number of fused-ring (bicyclic) bond motifs is 1. The topological polar surface area (TPSA) is 84.9 Å². The number of hydrogen-bond acceptors (Lipinski definition) is 5. The number of ether oxygens (including phenoxy) is 2. The van der Waals surface area contributed by atoms with Gasteiger partial charge < -0.3 is 14.8 Å². The van der Waals surface area contributed by atoms with Crippen molar-refractivity contribution in [2.45, 2.75) is 32.9 Å². The van der Waals surface area contributed by atoms with Crippen LogP contribution in [0.15, 0.2) is 42.5 Å². The molecule has 1 N–H and O–H groups in total. The molecule has 0 unspecified atom stereocenters. The van der Waals surface area contributed by atoms with Crippen LogP contribution >= 0.6 is 11.6 Å². The van der Waals surface area contributed by atoms with Gasteiger partial charge in [-0.1, -0.05) is 23.7 Å². The second-order valence-corrected chi connectivity index (χ2v) is 7.62. The lowest BCUT2D eigenvalue weighted by molar-refractivity contribution is -0.127. The van der Waals surface area contributed by atoms with Crippen LogP contribution in [0.5, 0.6) is 11.5 Å². The zero-order valence-corrected chi connectivity index (χ0v) is 17.7. The highest BCUT2D eigenvalue weighted by Crippen LogP contribution is 2.34. The number of hydrogen-bond donors (Lipinski definition) is 1. The number of amides is 2. The van der Waals surface area contributed by atoms with E-state index in [1.807, 2.05) is 13.8 Å². The molecule has 0 bridgehead atoms. The Hall–Kier alpha value is -3.06. The van der Waals surface area contributed by atoms with Crippen molar-refractivity contribution < 1.29 is 23.9 Å². The summed E-state index contributed by atoms with van der Waals surface area (Å²) < 4.78 is 11.0. The number of carbonyl (C=O) groups is 3. The zero-order chi connectivity index (χ0) is 21.8. The molecule has 1 aliphatic rings. The van der Waals surface area contributed by atoms with E-state index in [9.17, 15) is 14.4 Å². The molecular weight excluding hydrogens is 408 g/mol. The van der Waals surface area contributed by atoms with E-state index in [1.54, 1.807) is 49.4 Å². The first-order valence-corrected chi connectivity index (χ1v) is 9.95. The lowest BCUT2D eigenvalue weighted by atomic mass is 10.1. The molecule has 1 heterocycles. The summed E-state index contributed by atoms with van der Waals surface area (Å²) in [6.45, 7) is 4.93. The number of nitrogens with one attached hydrogen (secondary N) is 1. The van der Waals surface area contributed by atoms with Gasteiger partial charge in [-0.05, 0) is 51.1 Å². The van der Waals surface area contributed by atoms with Gasteiger partial charge >= 0.3 is 0 Å². The van der Waals surface area contributed by atoms with E-state index in [0.29, 0.717) is 27.8 Å². The smallest absolute Gasteiger partial charge is 0.265 e. The number of benzene rings is 2. The minimum Gasteiger partial charge on any atom is -0.484 e. The molecule has 0 fully saturated rings. The van der Waals surface area contributed by atoms with E-state index in [0.717, 1.165) is 0 Å². The van der Waals surface area contributed by atoms with Crippen molar-refractivity contribution in [3.05, 3.63) is 53.1 Å². The van der Waals surface area contributed by atoms with Gasteiger partial charge in [0.25, 0.3) is 5.91 Å². The Morgan fingerprint density at radius 2 is 1.93 bits per heavy atom. The minimum atomic E-state index is -0.757. The van der Waals surface area contributed by atoms with Crippen LogP contribution < -0.4 is 19.7 Å². The van der Waals surface area contributed by atoms with Crippen molar-refractivity contribution in [3.8, 4) is 11.5 Å². The summed E-state index contributed by atoms with van der Waals surface area (Å²) in [7, 11) is 0. The van der Waals surface area contributed by atoms with Crippen LogP contribution in [0.3, 0.4) is 0 Å². The van der Waals surface area contributed by atoms with Gasteiger partial charge in [0.1, 0.15) is 17.5 Å². The van der Waals surface area contributed by atoms with Crippen molar-refractivity contribution in [3.63, 3.8) is 0 Å². The number of anilines is 1. The largest absolute Gasteiger partial charge is 0.484 e. The first kappa shape index (κ1) is 21.6. The van der Waals surface area contributed by atoms with E-state index < -0.39 is 6.04 Å². The summed E-state index contributed by atoms with van der Waals surface area (Å²) >= 11 is 6.05. The molecule has 0 aromatic heterocycles. The zero-order valence-electron chi connectivity index (χ0n) is 17.0. The average molecular weight is 431 g/mol. The number of nitrogens with zero attached hydrogens (tertiary/aromatic N) is 1. The molecule has 0 saturated carbocycles. The number of para-hydroxylation sites is 1. The Balaban J connectivity index is 1.82. The summed E-state index contributed by atoms with van der Waals surface area (Å²) in [5, 5.41) is 3.21. The quantitative estimate of drug-likeness (QED) is 0.681. The van der Waals surface area contributed by atoms with E-state index in [2.05, 4.69) is 5.32 Å². The highest BCUT2D eigenvalue weighted by atomic mass is 35.5. The molecule has 2 amide bonds. The van der Waals surface area contributed by atoms with Gasteiger partial charge in [-0.2, -0.15) is 0 Å². The third-order valence-corrected chi connectivity index (χ3v) is 4.87. The molecule has 1 atom stereocenters. The summed E-state index contributed by atoms with van der Waals surface area (Å²) in [4.78, 5) is 39.0. The fourth-order valence-electron chi connectivity index (χ4n) is 3.08. The Morgan fingerprint density at radius 1 is 1.20 bits per heavy atom. The Bertz CT molecular complexity index is 976. The Morgan fingerprint density at radius 3 is 2.63 bits per heavy atom. The SMILES string of the molecule is CC(C)NC(=O)[C@H](C)N1C(=O)COc2ccc(C(=O)COc3ccccc3Cl)cc21. The van der Waals surface area contributed by atoms with Gasteiger partial charge in [-0.25, -0.2) is 0 Å². The monoisotopic (exact) mass is 430 g/mol. The molecular formula is C22H23ClN2O5. The summed E-state index contributed by atoms with van der Waals surface area (Å²) in [6, 6.07) is 10.8. The van der Waals surface area contributed by atoms with Crippen LogP contribution in [-0.2, 0) is 9.59 Å². The highest BCUT2D eigenvalue weighted by Gasteiger charge is 2.33. The Labute approximate surface area is 179 Å². The molecule has 7 nitrogen and oxygen atoms in total. The normalized spacial score (nSPS) is 14.0. The van der Waals surface area contributed by atoms with E-state index >= 15 is 0 Å². The predicted molar refractivity (Wildman–Crippen MR) is 113 cm³/mol. The third kappa shape index (κ3) is 4.74. The van der Waals surface area contributed by atoms with Crippen molar-refractivity contribution in [2.24, 2.45) is 0 Å². The molecule has 0 spiro atoms. The molecule has 0 saturated heterocycles.